The lowest BCUT2D eigenvalue weighted by Gasteiger charge is -2.37. The van der Waals surface area contributed by atoms with E-state index in [0.717, 1.165) is 12.0 Å². The Balaban J connectivity index is 2.21. The molecule has 5 heteroatoms. The van der Waals surface area contributed by atoms with Gasteiger partial charge in [-0.1, -0.05) is 20.3 Å². The van der Waals surface area contributed by atoms with Crippen molar-refractivity contribution in [2.24, 2.45) is 5.92 Å². The maximum Gasteiger partial charge on any atom is 0.336 e. The van der Waals surface area contributed by atoms with Crippen LogP contribution in [0.1, 0.15) is 65.2 Å². The van der Waals surface area contributed by atoms with Crippen LogP contribution >= 0.6 is 0 Å². The number of benzene rings is 1. The Morgan fingerprint density at radius 1 is 1.30 bits per heavy atom. The zero-order valence-electron chi connectivity index (χ0n) is 17.4. The van der Waals surface area contributed by atoms with E-state index in [1.54, 1.807) is 6.92 Å². The third-order valence-corrected chi connectivity index (χ3v) is 5.44. The van der Waals surface area contributed by atoms with E-state index in [9.17, 15) is 9.90 Å². The van der Waals surface area contributed by atoms with Crippen molar-refractivity contribution in [1.29, 1.82) is 0 Å². The Morgan fingerprint density at radius 3 is 2.74 bits per heavy atom. The lowest BCUT2D eigenvalue weighted by atomic mass is 9.85. The molecule has 1 aromatic carbocycles. The van der Waals surface area contributed by atoms with E-state index in [1.807, 2.05) is 39.8 Å². The van der Waals surface area contributed by atoms with Gasteiger partial charge in [-0.2, -0.15) is 0 Å². The number of fused-ring (bicyclic) bond motifs is 6. The summed E-state index contributed by atoms with van der Waals surface area (Å²) in [4.78, 5) is 12.3. The van der Waals surface area contributed by atoms with Gasteiger partial charge in [-0.05, 0) is 44.9 Å². The van der Waals surface area contributed by atoms with Gasteiger partial charge in [0.25, 0.3) is 0 Å². The molecule has 1 N–H and O–H groups in total. The Bertz CT molecular complexity index is 1050. The second-order valence-electron chi connectivity index (χ2n) is 8.03. The van der Waals surface area contributed by atoms with Gasteiger partial charge in [-0.15, -0.1) is 0 Å². The van der Waals surface area contributed by atoms with Crippen molar-refractivity contribution in [2.75, 3.05) is 0 Å². The molecule has 0 spiro atoms. The van der Waals surface area contributed by atoms with Gasteiger partial charge in [-0.3, -0.25) is 0 Å². The number of ether oxygens (including phenoxy) is 2. The SMILES string of the molecule is [3H][C@@]1(O)c2c(c3c(c4c(CCC)cc(=O)oc24)OC(C)(C)C=C3)O[C@H](C)[C@H]1C. The van der Waals surface area contributed by atoms with Gasteiger partial charge < -0.3 is 19.0 Å². The van der Waals surface area contributed by atoms with Crippen molar-refractivity contribution < 1.29 is 20.4 Å². The normalized spacial score (nSPS) is 28.7. The van der Waals surface area contributed by atoms with Crippen molar-refractivity contribution >= 4 is 17.0 Å². The third-order valence-electron chi connectivity index (χ3n) is 5.44. The molecular weight excluding hydrogens is 344 g/mol. The van der Waals surface area contributed by atoms with Crippen LogP contribution in [0.3, 0.4) is 0 Å². The number of hydrogen-bond acceptors (Lipinski definition) is 5. The summed E-state index contributed by atoms with van der Waals surface area (Å²) >= 11 is 0. The molecule has 3 atom stereocenters. The Morgan fingerprint density at radius 2 is 2.04 bits per heavy atom. The maximum atomic E-state index is 12.3. The minimum absolute atomic E-state index is 0.187. The lowest BCUT2D eigenvalue weighted by Crippen LogP contribution is -2.34. The highest BCUT2D eigenvalue weighted by molar-refractivity contribution is 5.97. The van der Waals surface area contributed by atoms with Crippen LogP contribution < -0.4 is 15.1 Å². The average Bonchev–Trinajstić information content (AvgIpc) is 2.58. The van der Waals surface area contributed by atoms with Gasteiger partial charge in [0.05, 0.1) is 24.0 Å². The molecule has 144 valence electrons. The zero-order valence-corrected chi connectivity index (χ0v) is 16.4. The first-order chi connectivity index (χ1) is 13.1. The van der Waals surface area contributed by atoms with Crippen molar-refractivity contribution in [1.82, 2.24) is 0 Å². The molecule has 0 unspecified atom stereocenters. The monoisotopic (exact) mass is 372 g/mol. The molecular formula is C22H26O5. The van der Waals surface area contributed by atoms with Crippen molar-refractivity contribution in [3.63, 3.8) is 0 Å². The van der Waals surface area contributed by atoms with Crippen molar-refractivity contribution in [3.8, 4) is 11.5 Å². The maximum absolute atomic E-state index is 12.3. The van der Waals surface area contributed by atoms with Gasteiger partial charge in [0, 0.05) is 12.0 Å². The summed E-state index contributed by atoms with van der Waals surface area (Å²) < 4.78 is 26.7. The summed E-state index contributed by atoms with van der Waals surface area (Å²) in [5.41, 5.74) is 0.810. The molecule has 0 radical (unpaired) electrons. The molecule has 0 amide bonds. The summed E-state index contributed by atoms with van der Waals surface area (Å²) in [7, 11) is 0. The summed E-state index contributed by atoms with van der Waals surface area (Å²) in [6.07, 6.45) is 2.99. The fourth-order valence-electron chi connectivity index (χ4n) is 3.84. The summed E-state index contributed by atoms with van der Waals surface area (Å²) in [6.45, 7) is 9.51. The Labute approximate surface area is 160 Å². The van der Waals surface area contributed by atoms with Crippen LogP contribution in [-0.2, 0) is 6.42 Å². The van der Waals surface area contributed by atoms with Gasteiger partial charge in [-0.25, -0.2) is 4.79 Å². The fourth-order valence-corrected chi connectivity index (χ4v) is 3.84. The summed E-state index contributed by atoms with van der Waals surface area (Å²) in [6, 6.07) is 1.48. The summed E-state index contributed by atoms with van der Waals surface area (Å²) in [5.74, 6) is 0.423. The first-order valence-corrected chi connectivity index (χ1v) is 9.51. The number of hydrogen-bond donors (Lipinski definition) is 1. The largest absolute Gasteiger partial charge is 0.489 e. The molecule has 3 heterocycles. The van der Waals surface area contributed by atoms with Gasteiger partial charge in [0.2, 0.25) is 0 Å². The highest BCUT2D eigenvalue weighted by Gasteiger charge is 2.39. The molecule has 2 aliphatic heterocycles. The molecule has 2 aromatic rings. The van der Waals surface area contributed by atoms with Crippen LogP contribution in [0.5, 0.6) is 11.5 Å². The van der Waals surface area contributed by atoms with E-state index in [1.165, 1.54) is 6.07 Å². The van der Waals surface area contributed by atoms with E-state index >= 15 is 0 Å². The Kier molecular flexibility index (Phi) is 3.83. The second kappa shape index (κ2) is 6.13. The van der Waals surface area contributed by atoms with E-state index < -0.39 is 23.2 Å². The van der Waals surface area contributed by atoms with Crippen LogP contribution in [-0.4, -0.2) is 16.8 Å². The average molecular weight is 372 g/mol. The van der Waals surface area contributed by atoms with E-state index in [0.29, 0.717) is 28.9 Å². The molecule has 0 aliphatic carbocycles. The van der Waals surface area contributed by atoms with Gasteiger partial charge >= 0.3 is 5.63 Å². The lowest BCUT2D eigenvalue weighted by molar-refractivity contribution is 0.0173. The van der Waals surface area contributed by atoms with Crippen LogP contribution in [0.25, 0.3) is 17.0 Å². The molecule has 0 saturated heterocycles. The quantitative estimate of drug-likeness (QED) is 0.792. The molecule has 0 saturated carbocycles. The standard InChI is InChI=1S/C22H26O5/c1-6-7-13-10-15(23)26-21-16(13)20-14(8-9-22(4,5)27-20)19-17(21)18(24)11(2)12(3)25-19/h8-12,18,24H,6-7H2,1-5H3/t11-,12-,18+/m1/s1/i18T. The molecule has 2 aliphatic rings. The molecule has 5 nitrogen and oxygen atoms in total. The van der Waals surface area contributed by atoms with E-state index in [4.69, 9.17) is 15.3 Å². The molecule has 1 aromatic heterocycles. The highest BCUT2D eigenvalue weighted by Crippen LogP contribution is 2.52. The molecule has 0 bridgehead atoms. The van der Waals surface area contributed by atoms with E-state index in [-0.39, 0.29) is 17.3 Å². The predicted octanol–water partition coefficient (Wildman–Crippen LogP) is 4.38. The van der Waals surface area contributed by atoms with Crippen LogP contribution in [0.2, 0.25) is 0 Å². The second-order valence-corrected chi connectivity index (χ2v) is 8.03. The topological polar surface area (TPSA) is 68.9 Å². The third kappa shape index (κ3) is 2.76. The molecule has 0 fully saturated rings. The van der Waals surface area contributed by atoms with Crippen LogP contribution in [0, 0.1) is 5.92 Å². The first-order valence-electron chi connectivity index (χ1n) is 10.0. The smallest absolute Gasteiger partial charge is 0.336 e. The minimum Gasteiger partial charge on any atom is -0.489 e. The number of aryl methyl sites for hydroxylation is 1. The van der Waals surface area contributed by atoms with Crippen LogP contribution in [0.4, 0.5) is 0 Å². The van der Waals surface area contributed by atoms with Crippen molar-refractivity contribution in [2.45, 2.75) is 65.2 Å². The first kappa shape index (κ1) is 16.9. The highest BCUT2D eigenvalue weighted by atomic mass is 16.5. The Hall–Kier alpha value is -2.27. The zero-order chi connectivity index (χ0) is 20.4. The fraction of sp³-hybridized carbons (Fsp3) is 0.500. The van der Waals surface area contributed by atoms with Crippen LogP contribution in [0.15, 0.2) is 21.4 Å². The minimum atomic E-state index is -1.96. The van der Waals surface area contributed by atoms with Gasteiger partial charge in [0.15, 0.2) is 5.58 Å². The van der Waals surface area contributed by atoms with Crippen molar-refractivity contribution in [3.05, 3.63) is 39.3 Å². The molecule has 27 heavy (non-hydrogen) atoms. The number of aliphatic hydroxyl groups is 1. The number of rotatable bonds is 2. The van der Waals surface area contributed by atoms with E-state index in [2.05, 4.69) is 0 Å². The predicted molar refractivity (Wildman–Crippen MR) is 104 cm³/mol. The molecule has 4 rings (SSSR count). The summed E-state index contributed by atoms with van der Waals surface area (Å²) in [5, 5.41) is 11.8. The van der Waals surface area contributed by atoms with Gasteiger partial charge in [0.1, 0.15) is 23.2 Å².